The summed E-state index contributed by atoms with van der Waals surface area (Å²) in [5, 5.41) is 0. The first kappa shape index (κ1) is 29.1. The van der Waals surface area contributed by atoms with Gasteiger partial charge in [0, 0.05) is 36.6 Å². The number of rotatable bonds is 13. The Morgan fingerprint density at radius 3 is 2.58 bits per heavy atom. The molecule has 0 unspecified atom stereocenters. The summed E-state index contributed by atoms with van der Waals surface area (Å²) < 4.78 is 18.4. The summed E-state index contributed by atoms with van der Waals surface area (Å²) in [6.07, 6.45) is 3.65. The highest BCUT2D eigenvalue weighted by Crippen LogP contribution is 2.33. The SMILES string of the molecule is CC[C@@H](C)N(Cc1cccn1Cc1cccc(OC)c1)C(=O)CN(CCC(C)C)C(=O)c1ccc2c(c1)OCO2. The van der Waals surface area contributed by atoms with Gasteiger partial charge in [-0.1, -0.05) is 32.9 Å². The smallest absolute Gasteiger partial charge is 0.254 e. The minimum atomic E-state index is -0.183. The number of nitrogens with zero attached hydrogens (tertiary/aromatic N) is 3. The number of methoxy groups -OCH3 is 1. The first-order valence-corrected chi connectivity index (χ1v) is 14.0. The molecular weight excluding hydrogens is 506 g/mol. The molecule has 0 radical (unpaired) electrons. The van der Waals surface area contributed by atoms with E-state index in [0.717, 1.165) is 29.8 Å². The molecule has 0 N–H and O–H groups in total. The number of carbonyl (C=O) groups is 2. The van der Waals surface area contributed by atoms with Crippen LogP contribution in [-0.2, 0) is 17.9 Å². The van der Waals surface area contributed by atoms with Gasteiger partial charge in [-0.15, -0.1) is 0 Å². The molecule has 1 aliphatic rings. The van der Waals surface area contributed by atoms with Crippen LogP contribution in [0.1, 0.15) is 62.2 Å². The average Bonchev–Trinajstić information content (AvgIpc) is 3.61. The summed E-state index contributed by atoms with van der Waals surface area (Å²) in [7, 11) is 1.66. The van der Waals surface area contributed by atoms with Crippen molar-refractivity contribution >= 4 is 11.8 Å². The van der Waals surface area contributed by atoms with Gasteiger partial charge in [0.1, 0.15) is 12.3 Å². The summed E-state index contributed by atoms with van der Waals surface area (Å²) in [6.45, 7) is 10.2. The van der Waals surface area contributed by atoms with Crippen LogP contribution in [0.2, 0.25) is 0 Å². The second-order valence-corrected chi connectivity index (χ2v) is 10.7. The second-order valence-electron chi connectivity index (χ2n) is 10.7. The minimum Gasteiger partial charge on any atom is -0.497 e. The zero-order chi connectivity index (χ0) is 28.6. The van der Waals surface area contributed by atoms with Crippen LogP contribution in [0.15, 0.2) is 60.8 Å². The Morgan fingerprint density at radius 2 is 1.82 bits per heavy atom. The van der Waals surface area contributed by atoms with Crippen molar-refractivity contribution in [3.8, 4) is 17.2 Å². The molecule has 1 aliphatic heterocycles. The number of hydrogen-bond acceptors (Lipinski definition) is 5. The van der Waals surface area contributed by atoms with Gasteiger partial charge in [-0.2, -0.15) is 0 Å². The molecule has 2 aromatic carbocycles. The Morgan fingerprint density at radius 1 is 1.02 bits per heavy atom. The van der Waals surface area contributed by atoms with Gasteiger partial charge in [-0.05, 0) is 73.7 Å². The standard InChI is InChI=1S/C32H41N3O5/c1-6-24(4)35(20-27-10-8-15-33(27)19-25-9-7-11-28(17-25)38-5)31(36)21-34(16-14-23(2)3)32(37)26-12-13-29-30(18-26)40-22-39-29/h7-13,15,17-18,23-24H,6,14,16,19-22H2,1-5H3/t24-/m1/s1. The number of carbonyl (C=O) groups excluding carboxylic acids is 2. The van der Waals surface area contributed by atoms with E-state index in [9.17, 15) is 9.59 Å². The van der Waals surface area contributed by atoms with E-state index in [4.69, 9.17) is 14.2 Å². The summed E-state index contributed by atoms with van der Waals surface area (Å²) in [5.41, 5.74) is 2.64. The van der Waals surface area contributed by atoms with Gasteiger partial charge in [0.2, 0.25) is 12.7 Å². The Labute approximate surface area is 237 Å². The maximum atomic E-state index is 13.9. The number of benzene rings is 2. The normalized spacial score (nSPS) is 12.8. The van der Waals surface area contributed by atoms with Gasteiger partial charge in [0.15, 0.2) is 11.5 Å². The van der Waals surface area contributed by atoms with Crippen LogP contribution >= 0.6 is 0 Å². The molecule has 8 heteroatoms. The first-order chi connectivity index (χ1) is 19.3. The molecule has 1 atom stereocenters. The zero-order valence-corrected chi connectivity index (χ0v) is 24.3. The number of hydrogen-bond donors (Lipinski definition) is 0. The quantitative estimate of drug-likeness (QED) is 0.279. The van der Waals surface area contributed by atoms with Gasteiger partial charge in [-0.3, -0.25) is 9.59 Å². The van der Waals surface area contributed by atoms with E-state index >= 15 is 0 Å². The van der Waals surface area contributed by atoms with Crippen molar-refractivity contribution in [2.45, 2.75) is 59.7 Å². The topological polar surface area (TPSA) is 73.2 Å². The van der Waals surface area contributed by atoms with Gasteiger partial charge >= 0.3 is 0 Å². The fourth-order valence-electron chi connectivity index (χ4n) is 4.73. The molecule has 0 aliphatic carbocycles. The van der Waals surface area contributed by atoms with Crippen LogP contribution in [0.5, 0.6) is 17.2 Å². The molecule has 1 aromatic heterocycles. The van der Waals surface area contributed by atoms with Gasteiger partial charge < -0.3 is 28.6 Å². The number of fused-ring (bicyclic) bond motifs is 1. The van der Waals surface area contributed by atoms with Crippen LogP contribution in [0.4, 0.5) is 0 Å². The third-order valence-corrected chi connectivity index (χ3v) is 7.40. The highest BCUT2D eigenvalue weighted by atomic mass is 16.7. The van der Waals surface area contributed by atoms with Gasteiger partial charge in [0.05, 0.1) is 13.7 Å². The van der Waals surface area contributed by atoms with E-state index in [-0.39, 0.29) is 31.2 Å². The molecule has 2 amide bonds. The highest BCUT2D eigenvalue weighted by molar-refractivity contribution is 5.97. The Balaban J connectivity index is 1.52. The van der Waals surface area contributed by atoms with Crippen molar-refractivity contribution in [2.24, 2.45) is 5.92 Å². The Bertz CT molecular complexity index is 1300. The number of ether oxygens (including phenoxy) is 3. The molecule has 0 saturated carbocycles. The van der Waals surface area contributed by atoms with E-state index in [1.807, 2.05) is 35.4 Å². The second kappa shape index (κ2) is 13.4. The maximum absolute atomic E-state index is 13.9. The lowest BCUT2D eigenvalue weighted by molar-refractivity contribution is -0.134. The lowest BCUT2D eigenvalue weighted by Crippen LogP contribution is -2.46. The van der Waals surface area contributed by atoms with Crippen LogP contribution in [0, 0.1) is 5.92 Å². The average molecular weight is 548 g/mol. The molecule has 0 saturated heterocycles. The maximum Gasteiger partial charge on any atom is 0.254 e. The lowest BCUT2D eigenvalue weighted by Gasteiger charge is -2.32. The van der Waals surface area contributed by atoms with Crippen LogP contribution in [0.3, 0.4) is 0 Å². The lowest BCUT2D eigenvalue weighted by atomic mass is 10.1. The Kier molecular flexibility index (Phi) is 9.74. The van der Waals surface area contributed by atoms with Crippen LogP contribution in [0.25, 0.3) is 0 Å². The van der Waals surface area contributed by atoms with E-state index < -0.39 is 0 Å². The van der Waals surface area contributed by atoms with Gasteiger partial charge in [0.25, 0.3) is 5.91 Å². The summed E-state index contributed by atoms with van der Waals surface area (Å²) >= 11 is 0. The number of amides is 2. The molecule has 8 nitrogen and oxygen atoms in total. The van der Waals surface area contributed by atoms with E-state index in [1.54, 1.807) is 30.2 Å². The first-order valence-electron chi connectivity index (χ1n) is 14.0. The summed E-state index contributed by atoms with van der Waals surface area (Å²) in [5.74, 6) is 2.14. The molecule has 0 bridgehead atoms. The molecular formula is C32H41N3O5. The van der Waals surface area contributed by atoms with Crippen molar-refractivity contribution in [1.29, 1.82) is 0 Å². The predicted octanol–water partition coefficient (Wildman–Crippen LogP) is 5.59. The molecule has 4 rings (SSSR count). The van der Waals surface area contributed by atoms with E-state index in [1.165, 1.54) is 0 Å². The van der Waals surface area contributed by atoms with E-state index in [0.29, 0.717) is 42.6 Å². The Hall–Kier alpha value is -3.94. The molecule has 0 spiro atoms. The van der Waals surface area contributed by atoms with Crippen molar-refractivity contribution in [2.75, 3.05) is 27.0 Å². The number of aromatic nitrogens is 1. The van der Waals surface area contributed by atoms with Crippen LogP contribution in [-0.4, -0.2) is 59.2 Å². The van der Waals surface area contributed by atoms with Crippen molar-refractivity contribution < 1.29 is 23.8 Å². The minimum absolute atomic E-state index is 0.0141. The third kappa shape index (κ3) is 7.17. The third-order valence-electron chi connectivity index (χ3n) is 7.40. The molecule has 2 heterocycles. The molecule has 40 heavy (non-hydrogen) atoms. The monoisotopic (exact) mass is 547 g/mol. The van der Waals surface area contributed by atoms with Crippen LogP contribution < -0.4 is 14.2 Å². The molecule has 214 valence electrons. The predicted molar refractivity (Wildman–Crippen MR) is 155 cm³/mol. The van der Waals surface area contributed by atoms with Gasteiger partial charge in [-0.25, -0.2) is 0 Å². The zero-order valence-electron chi connectivity index (χ0n) is 24.3. The van der Waals surface area contributed by atoms with Crippen molar-refractivity contribution in [3.05, 3.63) is 77.6 Å². The fourth-order valence-corrected chi connectivity index (χ4v) is 4.73. The van der Waals surface area contributed by atoms with Crippen molar-refractivity contribution in [1.82, 2.24) is 14.4 Å². The molecule has 3 aromatic rings. The fraction of sp³-hybridized carbons (Fsp3) is 0.438. The summed E-state index contributed by atoms with van der Waals surface area (Å²) in [4.78, 5) is 31.1. The van der Waals surface area contributed by atoms with Crippen molar-refractivity contribution in [3.63, 3.8) is 0 Å². The largest absolute Gasteiger partial charge is 0.497 e. The highest BCUT2D eigenvalue weighted by Gasteiger charge is 2.27. The van der Waals surface area contributed by atoms with E-state index in [2.05, 4.69) is 44.4 Å². The molecule has 0 fully saturated rings. The summed E-state index contributed by atoms with van der Waals surface area (Å²) in [6, 6.07) is 17.3.